The van der Waals surface area contributed by atoms with Crippen LogP contribution in [0.4, 0.5) is 5.69 Å². The van der Waals surface area contributed by atoms with Gasteiger partial charge in [0.2, 0.25) is 5.91 Å². The van der Waals surface area contributed by atoms with Crippen LogP contribution in [-0.4, -0.2) is 31.3 Å². The van der Waals surface area contributed by atoms with Crippen LogP contribution in [0.15, 0.2) is 41.3 Å². The van der Waals surface area contributed by atoms with Crippen LogP contribution < -0.4 is 25.1 Å². The second kappa shape index (κ2) is 8.05. The second-order valence-electron chi connectivity index (χ2n) is 4.85. The van der Waals surface area contributed by atoms with E-state index in [1.165, 1.54) is 25.0 Å². The van der Waals surface area contributed by atoms with Crippen molar-refractivity contribution in [2.45, 2.75) is 13.5 Å². The Labute approximate surface area is 139 Å². The molecule has 2 rings (SSSR count). The van der Waals surface area contributed by atoms with Gasteiger partial charge in [-0.3, -0.25) is 9.59 Å². The molecule has 0 saturated heterocycles. The van der Waals surface area contributed by atoms with E-state index < -0.39 is 0 Å². The Balaban J connectivity index is 2.17. The molecule has 1 heterocycles. The van der Waals surface area contributed by atoms with E-state index in [-0.39, 0.29) is 23.8 Å². The van der Waals surface area contributed by atoms with Crippen LogP contribution >= 0.6 is 0 Å². The van der Waals surface area contributed by atoms with Crippen LogP contribution in [0.1, 0.15) is 6.92 Å². The monoisotopic (exact) mass is 332 g/mol. The molecule has 1 aromatic heterocycles. The average molecular weight is 332 g/mol. The number of carbonyl (C=O) groups is 1. The summed E-state index contributed by atoms with van der Waals surface area (Å²) in [5.41, 5.74) is 0.114. The molecule has 0 spiro atoms. The minimum absolute atomic E-state index is 0.139. The number of methoxy groups -OCH3 is 2. The fourth-order valence-electron chi connectivity index (χ4n) is 2.16. The van der Waals surface area contributed by atoms with Gasteiger partial charge in [-0.05, 0) is 31.2 Å². The molecule has 1 amide bonds. The summed E-state index contributed by atoms with van der Waals surface area (Å²) in [5.74, 6) is 0.935. The minimum atomic E-state index is -0.364. The molecule has 1 aromatic carbocycles. The van der Waals surface area contributed by atoms with Gasteiger partial charge in [-0.25, -0.2) is 0 Å². The molecule has 7 nitrogen and oxygen atoms in total. The van der Waals surface area contributed by atoms with Gasteiger partial charge in [-0.1, -0.05) is 0 Å². The lowest BCUT2D eigenvalue weighted by Gasteiger charge is -2.13. The quantitative estimate of drug-likeness (QED) is 0.838. The van der Waals surface area contributed by atoms with Gasteiger partial charge in [0.1, 0.15) is 18.0 Å². The van der Waals surface area contributed by atoms with Crippen LogP contribution in [-0.2, 0) is 11.3 Å². The summed E-state index contributed by atoms with van der Waals surface area (Å²) in [6.07, 6.45) is 1.53. The predicted molar refractivity (Wildman–Crippen MR) is 90.0 cm³/mol. The molecule has 0 atom stereocenters. The molecule has 2 aromatic rings. The van der Waals surface area contributed by atoms with Crippen molar-refractivity contribution >= 4 is 11.6 Å². The number of nitrogens with zero attached hydrogens (tertiary/aromatic N) is 1. The summed E-state index contributed by atoms with van der Waals surface area (Å²) in [7, 11) is 3.04. The van der Waals surface area contributed by atoms with Gasteiger partial charge in [0.05, 0.1) is 26.5 Å². The number of pyridine rings is 1. The van der Waals surface area contributed by atoms with Crippen molar-refractivity contribution in [1.29, 1.82) is 0 Å². The lowest BCUT2D eigenvalue weighted by atomic mass is 10.2. The standard InChI is InChI=1S/C17H20N2O5/c1-4-24-15-6-5-9-19(17(15)21)11-16(20)18-13-10-12(22-2)7-8-14(13)23-3/h5-10H,4,11H2,1-3H3,(H,18,20). The topological polar surface area (TPSA) is 78.8 Å². The van der Waals surface area contributed by atoms with E-state index in [1.54, 1.807) is 37.3 Å². The Morgan fingerprint density at radius 1 is 1.17 bits per heavy atom. The number of carbonyl (C=O) groups excluding carboxylic acids is 1. The van der Waals surface area contributed by atoms with Gasteiger partial charge in [0.25, 0.3) is 5.56 Å². The normalized spacial score (nSPS) is 10.1. The molecule has 0 unspecified atom stereocenters. The maximum Gasteiger partial charge on any atom is 0.293 e. The molecule has 0 aliphatic rings. The second-order valence-corrected chi connectivity index (χ2v) is 4.85. The number of anilines is 1. The highest BCUT2D eigenvalue weighted by Gasteiger charge is 2.11. The predicted octanol–water partition coefficient (Wildman–Crippen LogP) is 1.90. The molecule has 0 radical (unpaired) electrons. The first-order valence-corrected chi connectivity index (χ1v) is 7.43. The summed E-state index contributed by atoms with van der Waals surface area (Å²) in [4.78, 5) is 24.4. The number of nitrogens with one attached hydrogen (secondary N) is 1. The molecule has 0 bridgehead atoms. The van der Waals surface area contributed by atoms with E-state index in [9.17, 15) is 9.59 Å². The Morgan fingerprint density at radius 2 is 1.96 bits per heavy atom. The number of amides is 1. The van der Waals surface area contributed by atoms with E-state index in [0.717, 1.165) is 0 Å². The highest BCUT2D eigenvalue weighted by molar-refractivity contribution is 5.92. The zero-order valence-electron chi connectivity index (χ0n) is 13.9. The highest BCUT2D eigenvalue weighted by atomic mass is 16.5. The fraction of sp³-hybridized carbons (Fsp3) is 0.294. The number of hydrogen-bond donors (Lipinski definition) is 1. The lowest BCUT2D eigenvalue weighted by Crippen LogP contribution is -2.28. The lowest BCUT2D eigenvalue weighted by molar-refractivity contribution is -0.116. The Hall–Kier alpha value is -2.96. The summed E-state index contributed by atoms with van der Waals surface area (Å²) < 4.78 is 16.9. The van der Waals surface area contributed by atoms with Crippen molar-refractivity contribution in [3.63, 3.8) is 0 Å². The van der Waals surface area contributed by atoms with Crippen LogP contribution in [0.3, 0.4) is 0 Å². The molecular formula is C17H20N2O5. The van der Waals surface area contributed by atoms with Crippen molar-refractivity contribution in [2.24, 2.45) is 0 Å². The molecule has 0 fully saturated rings. The number of ether oxygens (including phenoxy) is 3. The largest absolute Gasteiger partial charge is 0.497 e. The summed E-state index contributed by atoms with van der Waals surface area (Å²) >= 11 is 0. The van der Waals surface area contributed by atoms with Crippen molar-refractivity contribution in [3.05, 3.63) is 46.9 Å². The third-order valence-electron chi connectivity index (χ3n) is 3.28. The molecule has 7 heteroatoms. The van der Waals surface area contributed by atoms with Crippen LogP contribution in [0.2, 0.25) is 0 Å². The number of aromatic nitrogens is 1. The number of rotatable bonds is 7. The Kier molecular flexibility index (Phi) is 5.83. The van der Waals surface area contributed by atoms with Crippen LogP contribution in [0, 0.1) is 0 Å². The first kappa shape index (κ1) is 17.4. The number of hydrogen-bond acceptors (Lipinski definition) is 5. The SMILES string of the molecule is CCOc1cccn(CC(=O)Nc2cc(OC)ccc2OC)c1=O. The zero-order chi connectivity index (χ0) is 17.5. The maximum atomic E-state index is 12.3. The third-order valence-corrected chi connectivity index (χ3v) is 3.28. The fourth-order valence-corrected chi connectivity index (χ4v) is 2.16. The van der Waals surface area contributed by atoms with E-state index in [2.05, 4.69) is 5.32 Å². The Bertz CT molecular complexity index is 770. The zero-order valence-corrected chi connectivity index (χ0v) is 13.9. The molecule has 1 N–H and O–H groups in total. The van der Waals surface area contributed by atoms with Gasteiger partial charge in [-0.2, -0.15) is 0 Å². The molecule has 24 heavy (non-hydrogen) atoms. The Morgan fingerprint density at radius 3 is 2.62 bits per heavy atom. The van der Waals surface area contributed by atoms with Crippen LogP contribution in [0.5, 0.6) is 17.2 Å². The maximum absolute atomic E-state index is 12.3. The molecule has 0 aliphatic heterocycles. The first-order valence-electron chi connectivity index (χ1n) is 7.43. The smallest absolute Gasteiger partial charge is 0.293 e. The number of benzene rings is 1. The van der Waals surface area contributed by atoms with Gasteiger partial charge < -0.3 is 24.1 Å². The van der Waals surface area contributed by atoms with Gasteiger partial charge >= 0.3 is 0 Å². The molecule has 128 valence electrons. The first-order chi connectivity index (χ1) is 11.6. The summed E-state index contributed by atoms with van der Waals surface area (Å²) in [6.45, 7) is 2.03. The van der Waals surface area contributed by atoms with Crippen molar-refractivity contribution < 1.29 is 19.0 Å². The average Bonchev–Trinajstić information content (AvgIpc) is 2.58. The minimum Gasteiger partial charge on any atom is -0.497 e. The van der Waals surface area contributed by atoms with Gasteiger partial charge in [0.15, 0.2) is 5.75 Å². The van der Waals surface area contributed by atoms with Crippen LogP contribution in [0.25, 0.3) is 0 Å². The third kappa shape index (κ3) is 4.07. The van der Waals surface area contributed by atoms with Crippen molar-refractivity contribution in [1.82, 2.24) is 4.57 Å². The van der Waals surface area contributed by atoms with Gasteiger partial charge in [-0.15, -0.1) is 0 Å². The van der Waals surface area contributed by atoms with E-state index in [0.29, 0.717) is 23.8 Å². The molecule has 0 saturated carbocycles. The van der Waals surface area contributed by atoms with Crippen molar-refractivity contribution in [2.75, 3.05) is 26.1 Å². The van der Waals surface area contributed by atoms with E-state index >= 15 is 0 Å². The molecule has 0 aliphatic carbocycles. The summed E-state index contributed by atoms with van der Waals surface area (Å²) in [5, 5.41) is 2.72. The van der Waals surface area contributed by atoms with Crippen molar-refractivity contribution in [3.8, 4) is 17.2 Å². The highest BCUT2D eigenvalue weighted by Crippen LogP contribution is 2.28. The molecular weight excluding hydrogens is 312 g/mol. The summed E-state index contributed by atoms with van der Waals surface area (Å²) in [6, 6.07) is 8.30. The van der Waals surface area contributed by atoms with E-state index in [4.69, 9.17) is 14.2 Å². The van der Waals surface area contributed by atoms with E-state index in [1.807, 2.05) is 0 Å². The van der Waals surface area contributed by atoms with Gasteiger partial charge in [0, 0.05) is 12.3 Å².